The second-order valence-corrected chi connectivity index (χ2v) is 4.67. The SMILES string of the molecule is COc1ccc(F)cc1-c1cnc2ccc(Cl)cc2n1. The molecular weight excluding hydrogens is 279 g/mol. The van der Waals surface area contributed by atoms with Crippen LogP contribution in [0.4, 0.5) is 4.39 Å². The monoisotopic (exact) mass is 288 g/mol. The highest BCUT2D eigenvalue weighted by molar-refractivity contribution is 6.31. The fourth-order valence-corrected chi connectivity index (χ4v) is 2.16. The number of methoxy groups -OCH3 is 1. The Bertz CT molecular complexity index is 792. The van der Waals surface area contributed by atoms with Crippen LogP contribution in [0, 0.1) is 5.82 Å². The molecule has 0 aliphatic rings. The zero-order valence-electron chi connectivity index (χ0n) is 10.6. The van der Waals surface area contributed by atoms with Crippen LogP contribution in [0.25, 0.3) is 22.3 Å². The lowest BCUT2D eigenvalue weighted by molar-refractivity contribution is 0.415. The van der Waals surface area contributed by atoms with E-state index in [2.05, 4.69) is 9.97 Å². The standard InChI is InChI=1S/C15H10ClFN2O/c1-20-15-5-3-10(17)7-11(15)14-8-18-12-4-2-9(16)6-13(12)19-14/h2-8H,1H3. The van der Waals surface area contributed by atoms with Crippen molar-refractivity contribution in [2.24, 2.45) is 0 Å². The maximum atomic E-state index is 13.4. The van der Waals surface area contributed by atoms with Gasteiger partial charge >= 0.3 is 0 Å². The van der Waals surface area contributed by atoms with Crippen LogP contribution >= 0.6 is 11.6 Å². The van der Waals surface area contributed by atoms with E-state index in [1.165, 1.54) is 19.2 Å². The molecule has 0 fully saturated rings. The summed E-state index contributed by atoms with van der Waals surface area (Å²) in [5.41, 5.74) is 2.48. The Kier molecular flexibility index (Phi) is 3.24. The third-order valence-electron chi connectivity index (χ3n) is 2.94. The van der Waals surface area contributed by atoms with Gasteiger partial charge in [0.2, 0.25) is 0 Å². The molecule has 1 aromatic heterocycles. The molecule has 0 N–H and O–H groups in total. The molecule has 2 aromatic carbocycles. The zero-order valence-corrected chi connectivity index (χ0v) is 11.4. The number of rotatable bonds is 2. The lowest BCUT2D eigenvalue weighted by atomic mass is 10.1. The summed E-state index contributed by atoms with van der Waals surface area (Å²) in [7, 11) is 1.53. The van der Waals surface area contributed by atoms with Gasteiger partial charge in [-0.2, -0.15) is 0 Å². The summed E-state index contributed by atoms with van der Waals surface area (Å²) >= 11 is 5.95. The fraction of sp³-hybridized carbons (Fsp3) is 0.0667. The fourth-order valence-electron chi connectivity index (χ4n) is 1.99. The quantitative estimate of drug-likeness (QED) is 0.712. The van der Waals surface area contributed by atoms with E-state index in [1.807, 2.05) is 0 Å². The topological polar surface area (TPSA) is 35.0 Å². The molecule has 0 spiro atoms. The first-order chi connectivity index (χ1) is 9.67. The van der Waals surface area contributed by atoms with E-state index in [0.717, 1.165) is 5.52 Å². The summed E-state index contributed by atoms with van der Waals surface area (Å²) in [6.45, 7) is 0. The van der Waals surface area contributed by atoms with Crippen LogP contribution in [0.15, 0.2) is 42.6 Å². The summed E-state index contributed by atoms with van der Waals surface area (Å²) in [5, 5.41) is 0.579. The van der Waals surface area contributed by atoms with E-state index < -0.39 is 0 Å². The molecule has 5 heteroatoms. The summed E-state index contributed by atoms with van der Waals surface area (Å²) in [6, 6.07) is 9.54. The van der Waals surface area contributed by atoms with Crippen LogP contribution in [0.1, 0.15) is 0 Å². The highest BCUT2D eigenvalue weighted by Gasteiger charge is 2.10. The smallest absolute Gasteiger partial charge is 0.128 e. The molecule has 0 aliphatic heterocycles. The Balaban J connectivity index is 2.21. The van der Waals surface area contributed by atoms with Crippen LogP contribution < -0.4 is 4.74 Å². The van der Waals surface area contributed by atoms with Crippen molar-refractivity contribution in [2.45, 2.75) is 0 Å². The number of fused-ring (bicyclic) bond motifs is 1. The molecule has 0 saturated heterocycles. The van der Waals surface area contributed by atoms with E-state index >= 15 is 0 Å². The van der Waals surface area contributed by atoms with Crippen LogP contribution in [-0.2, 0) is 0 Å². The molecule has 0 bridgehead atoms. The second kappa shape index (κ2) is 5.06. The number of hydrogen-bond donors (Lipinski definition) is 0. The van der Waals surface area contributed by atoms with E-state index in [9.17, 15) is 4.39 Å². The molecule has 100 valence electrons. The molecule has 0 radical (unpaired) electrons. The maximum Gasteiger partial charge on any atom is 0.128 e. The van der Waals surface area contributed by atoms with Gasteiger partial charge in [-0.15, -0.1) is 0 Å². The molecule has 0 aliphatic carbocycles. The van der Waals surface area contributed by atoms with Gasteiger partial charge in [-0.1, -0.05) is 11.6 Å². The van der Waals surface area contributed by atoms with E-state index in [4.69, 9.17) is 16.3 Å². The molecule has 3 rings (SSSR count). The average Bonchev–Trinajstić information content (AvgIpc) is 2.46. The van der Waals surface area contributed by atoms with Gasteiger partial charge in [-0.05, 0) is 36.4 Å². The molecule has 0 saturated carbocycles. The van der Waals surface area contributed by atoms with Crippen LogP contribution in [0.5, 0.6) is 5.75 Å². The van der Waals surface area contributed by atoms with Crippen molar-refractivity contribution in [3.63, 3.8) is 0 Å². The molecule has 0 unspecified atom stereocenters. The maximum absolute atomic E-state index is 13.4. The Hall–Kier alpha value is -2.20. The number of hydrogen-bond acceptors (Lipinski definition) is 3. The zero-order chi connectivity index (χ0) is 14.1. The number of benzene rings is 2. The number of nitrogens with zero attached hydrogens (tertiary/aromatic N) is 2. The van der Waals surface area contributed by atoms with Gasteiger partial charge in [-0.3, -0.25) is 4.98 Å². The first kappa shape index (κ1) is 12.8. The average molecular weight is 289 g/mol. The first-order valence-corrected chi connectivity index (χ1v) is 6.31. The van der Waals surface area contributed by atoms with Crippen molar-refractivity contribution >= 4 is 22.6 Å². The largest absolute Gasteiger partial charge is 0.496 e. The third-order valence-corrected chi connectivity index (χ3v) is 3.18. The minimum absolute atomic E-state index is 0.353. The molecule has 0 amide bonds. The van der Waals surface area contributed by atoms with Gasteiger partial charge in [0.25, 0.3) is 0 Å². The Morgan fingerprint density at radius 2 is 1.95 bits per heavy atom. The summed E-state index contributed by atoms with van der Waals surface area (Å²) in [4.78, 5) is 8.77. The minimum Gasteiger partial charge on any atom is -0.496 e. The lowest BCUT2D eigenvalue weighted by Crippen LogP contribution is -1.93. The summed E-state index contributed by atoms with van der Waals surface area (Å²) in [6.07, 6.45) is 1.59. The molecule has 20 heavy (non-hydrogen) atoms. The molecule has 0 atom stereocenters. The van der Waals surface area contributed by atoms with E-state index in [0.29, 0.717) is 27.5 Å². The molecular formula is C15H10ClFN2O. The predicted octanol–water partition coefficient (Wildman–Crippen LogP) is 4.10. The summed E-state index contributed by atoms with van der Waals surface area (Å²) in [5.74, 6) is 0.191. The highest BCUT2D eigenvalue weighted by atomic mass is 35.5. The minimum atomic E-state index is -0.353. The molecule has 3 nitrogen and oxygen atoms in total. The van der Waals surface area contributed by atoms with E-state index in [1.54, 1.807) is 30.5 Å². The lowest BCUT2D eigenvalue weighted by Gasteiger charge is -2.08. The van der Waals surface area contributed by atoms with Crippen LogP contribution in [0.2, 0.25) is 5.02 Å². The molecule has 1 heterocycles. The highest BCUT2D eigenvalue weighted by Crippen LogP contribution is 2.30. The van der Waals surface area contributed by atoms with Gasteiger partial charge in [0, 0.05) is 10.6 Å². The van der Waals surface area contributed by atoms with Crippen molar-refractivity contribution in [3.05, 3.63) is 53.4 Å². The van der Waals surface area contributed by atoms with Gasteiger partial charge < -0.3 is 4.74 Å². The van der Waals surface area contributed by atoms with Crippen molar-refractivity contribution in [3.8, 4) is 17.0 Å². The Labute approximate surface area is 120 Å². The first-order valence-electron chi connectivity index (χ1n) is 5.93. The number of halogens is 2. The van der Waals surface area contributed by atoms with Crippen molar-refractivity contribution in [1.29, 1.82) is 0 Å². The van der Waals surface area contributed by atoms with Gasteiger partial charge in [0.1, 0.15) is 11.6 Å². The predicted molar refractivity (Wildman–Crippen MR) is 76.5 cm³/mol. The Morgan fingerprint density at radius 1 is 1.10 bits per heavy atom. The van der Waals surface area contributed by atoms with Gasteiger partial charge in [0.15, 0.2) is 0 Å². The van der Waals surface area contributed by atoms with Gasteiger partial charge in [-0.25, -0.2) is 9.37 Å². The summed E-state index contributed by atoms with van der Waals surface area (Å²) < 4.78 is 18.7. The molecule has 3 aromatic rings. The number of ether oxygens (including phenoxy) is 1. The number of aromatic nitrogens is 2. The van der Waals surface area contributed by atoms with Crippen molar-refractivity contribution in [1.82, 2.24) is 9.97 Å². The van der Waals surface area contributed by atoms with E-state index in [-0.39, 0.29) is 5.82 Å². The Morgan fingerprint density at radius 3 is 2.75 bits per heavy atom. The van der Waals surface area contributed by atoms with Gasteiger partial charge in [0.05, 0.1) is 30.0 Å². The van der Waals surface area contributed by atoms with Crippen molar-refractivity contribution < 1.29 is 9.13 Å². The van der Waals surface area contributed by atoms with Crippen molar-refractivity contribution in [2.75, 3.05) is 7.11 Å². The normalized spacial score (nSPS) is 10.8. The van der Waals surface area contributed by atoms with Crippen LogP contribution in [-0.4, -0.2) is 17.1 Å². The third kappa shape index (κ3) is 2.30. The second-order valence-electron chi connectivity index (χ2n) is 4.23. The van der Waals surface area contributed by atoms with Crippen LogP contribution in [0.3, 0.4) is 0 Å².